The zero-order valence-electron chi connectivity index (χ0n) is 27.6. The summed E-state index contributed by atoms with van der Waals surface area (Å²) in [6.45, 7) is 9.90. The van der Waals surface area contributed by atoms with Crippen LogP contribution < -0.4 is 25.5 Å². The number of hydrazine groups is 1. The van der Waals surface area contributed by atoms with E-state index in [4.69, 9.17) is 15.3 Å². The Morgan fingerprint density at radius 1 is 1.04 bits per heavy atom. The van der Waals surface area contributed by atoms with Gasteiger partial charge in [0, 0.05) is 22.8 Å². The number of nitrogens with one attached hydrogen (secondary N) is 2. The zero-order chi connectivity index (χ0) is 34.6. The van der Waals surface area contributed by atoms with E-state index in [2.05, 4.69) is 35.5 Å². The number of anilines is 1. The molecule has 4 N–H and O–H groups in total. The van der Waals surface area contributed by atoms with E-state index in [1.165, 1.54) is 18.2 Å². The number of amides is 2. The van der Waals surface area contributed by atoms with Gasteiger partial charge in [0.25, 0.3) is 21.8 Å². The van der Waals surface area contributed by atoms with Crippen molar-refractivity contribution in [3.8, 4) is 22.9 Å². The highest BCUT2D eigenvalue weighted by Gasteiger charge is 2.32. The van der Waals surface area contributed by atoms with E-state index in [0.29, 0.717) is 23.4 Å². The molecule has 0 spiro atoms. The normalized spacial score (nSPS) is 16.0. The fourth-order valence-corrected chi connectivity index (χ4v) is 6.68. The molecule has 4 bridgehead atoms. The summed E-state index contributed by atoms with van der Waals surface area (Å²) in [5, 5.41) is 0. The van der Waals surface area contributed by atoms with E-state index in [9.17, 15) is 18.0 Å². The summed E-state index contributed by atoms with van der Waals surface area (Å²) in [5.41, 5.74) is 5.82. The molecule has 2 heterocycles. The third kappa shape index (κ3) is 8.09. The number of ether oxygens (including phenoxy) is 2. The summed E-state index contributed by atoms with van der Waals surface area (Å²) in [7, 11) is -4.21. The Bertz CT molecular complexity index is 1920. The van der Waals surface area contributed by atoms with Crippen molar-refractivity contribution in [2.45, 2.75) is 58.5 Å². The second-order valence-electron chi connectivity index (χ2n) is 12.9. The molecule has 0 fully saturated rings. The highest BCUT2D eigenvalue weighted by Crippen LogP contribution is 2.32. The van der Waals surface area contributed by atoms with Crippen LogP contribution in [0.4, 0.5) is 5.95 Å². The van der Waals surface area contributed by atoms with Crippen molar-refractivity contribution in [3.63, 3.8) is 0 Å². The first-order valence-corrected chi connectivity index (χ1v) is 16.9. The van der Waals surface area contributed by atoms with E-state index in [-0.39, 0.29) is 47.5 Å². The van der Waals surface area contributed by atoms with Crippen LogP contribution in [0.15, 0.2) is 77.7 Å². The van der Waals surface area contributed by atoms with Gasteiger partial charge in [0.05, 0.1) is 23.2 Å². The average molecular weight is 673 g/mol. The molecule has 3 aromatic carbocycles. The first-order chi connectivity index (χ1) is 22.7. The molecule has 252 valence electrons. The van der Waals surface area contributed by atoms with Gasteiger partial charge >= 0.3 is 0 Å². The fourth-order valence-electron chi connectivity index (χ4n) is 5.69. The topological polar surface area (TPSA) is 166 Å². The molecule has 1 aromatic heterocycles. The van der Waals surface area contributed by atoms with Gasteiger partial charge in [-0.05, 0) is 61.1 Å². The predicted octanol–water partition coefficient (Wildman–Crippen LogP) is 4.77. The van der Waals surface area contributed by atoms with Gasteiger partial charge in [0.1, 0.15) is 12.4 Å². The molecule has 0 radical (unpaired) electrons. The van der Waals surface area contributed by atoms with Crippen LogP contribution in [-0.4, -0.2) is 54.4 Å². The Hall–Kier alpha value is -5.01. The van der Waals surface area contributed by atoms with Crippen molar-refractivity contribution in [2.24, 2.45) is 11.3 Å². The van der Waals surface area contributed by atoms with Gasteiger partial charge in [-0.2, -0.15) is 4.98 Å². The van der Waals surface area contributed by atoms with Gasteiger partial charge < -0.3 is 14.4 Å². The Balaban J connectivity index is 1.65. The fraction of sp³-hybridized carbons (Fsp3) is 0.314. The minimum atomic E-state index is -4.21. The largest absolute Gasteiger partial charge is 0.483 e. The lowest BCUT2D eigenvalue weighted by atomic mass is 9.87. The Morgan fingerprint density at radius 2 is 1.75 bits per heavy atom. The molecule has 5 rings (SSSR count). The lowest BCUT2D eigenvalue weighted by molar-refractivity contribution is -0.123. The molecule has 0 aliphatic carbocycles. The maximum atomic E-state index is 14.5. The van der Waals surface area contributed by atoms with Crippen molar-refractivity contribution in [3.05, 3.63) is 95.1 Å². The lowest BCUT2D eigenvalue weighted by Gasteiger charge is -2.36. The molecule has 2 amide bonds. The Morgan fingerprint density at radius 3 is 2.46 bits per heavy atom. The monoisotopic (exact) mass is 672 g/mol. The number of benzene rings is 3. The number of sulfonamides is 1. The van der Waals surface area contributed by atoms with Gasteiger partial charge in [-0.15, -0.1) is 0 Å². The zero-order valence-corrected chi connectivity index (χ0v) is 28.4. The first kappa shape index (κ1) is 34.3. The number of para-hydroxylation sites is 1. The molecule has 1 atom stereocenters. The summed E-state index contributed by atoms with van der Waals surface area (Å²) < 4.78 is 41.9. The van der Waals surface area contributed by atoms with E-state index in [1.807, 2.05) is 43.5 Å². The number of aromatic nitrogens is 2. The summed E-state index contributed by atoms with van der Waals surface area (Å²) in [6.07, 6.45) is 0.523. The lowest BCUT2D eigenvalue weighted by Crippen LogP contribution is -2.45. The van der Waals surface area contributed by atoms with Crippen LogP contribution in [0.25, 0.3) is 11.3 Å². The van der Waals surface area contributed by atoms with Crippen molar-refractivity contribution in [2.75, 3.05) is 17.9 Å². The number of nitrogens with zero attached hydrogens (tertiary/aromatic N) is 3. The van der Waals surface area contributed by atoms with Crippen LogP contribution in [0, 0.1) is 19.3 Å². The third-order valence-corrected chi connectivity index (χ3v) is 9.19. The molecular formula is C35H40N6O6S. The van der Waals surface area contributed by atoms with Crippen LogP contribution in [0.5, 0.6) is 11.6 Å². The van der Waals surface area contributed by atoms with E-state index >= 15 is 0 Å². The van der Waals surface area contributed by atoms with Crippen LogP contribution in [-0.2, 0) is 21.4 Å². The Kier molecular flexibility index (Phi) is 10.0. The van der Waals surface area contributed by atoms with Gasteiger partial charge in [0.2, 0.25) is 11.8 Å². The summed E-state index contributed by atoms with van der Waals surface area (Å²) in [6, 6.07) is 20.0. The second-order valence-corrected chi connectivity index (χ2v) is 14.6. The number of fused-ring (bicyclic) bond motifs is 4. The molecule has 0 saturated heterocycles. The quantitative estimate of drug-likeness (QED) is 0.142. The number of carbonyl (C=O) groups is 2. The number of hydrogen-bond donors (Lipinski definition) is 3. The van der Waals surface area contributed by atoms with Crippen LogP contribution >= 0.6 is 0 Å². The summed E-state index contributed by atoms with van der Waals surface area (Å²) in [5.74, 6) is 4.70. The summed E-state index contributed by atoms with van der Waals surface area (Å²) in [4.78, 5) is 36.9. The first-order valence-electron chi connectivity index (χ1n) is 15.5. The minimum absolute atomic E-state index is 0.0384. The molecule has 0 unspecified atom stereocenters. The second kappa shape index (κ2) is 14.0. The highest BCUT2D eigenvalue weighted by molar-refractivity contribution is 7.92. The van der Waals surface area contributed by atoms with Crippen LogP contribution in [0.1, 0.15) is 54.2 Å². The van der Waals surface area contributed by atoms with E-state index in [1.54, 1.807) is 35.2 Å². The minimum Gasteiger partial charge on any atom is -0.483 e. The number of nitrogens with two attached hydrogens (primary N) is 1. The van der Waals surface area contributed by atoms with E-state index in [0.717, 1.165) is 16.7 Å². The van der Waals surface area contributed by atoms with E-state index < -0.39 is 27.9 Å². The van der Waals surface area contributed by atoms with Crippen molar-refractivity contribution in [1.29, 1.82) is 0 Å². The number of aryl methyl sites for hydroxylation is 2. The molecule has 12 nitrogen and oxygen atoms in total. The SMILES string of the molecule is Cc1cccc(C)c1-c1cc2nc(n1)NS(=O)(=O)c1cccc(c1)C(=O)N(Cc1ccccc1OCC(=O)NN)[C@H](CC(C)(C)C)CO2. The molecule has 4 aromatic rings. The Labute approximate surface area is 280 Å². The van der Waals surface area contributed by atoms with Crippen molar-refractivity contribution >= 4 is 27.8 Å². The van der Waals surface area contributed by atoms with Crippen LogP contribution in [0.3, 0.4) is 0 Å². The number of rotatable bonds is 7. The summed E-state index contributed by atoms with van der Waals surface area (Å²) >= 11 is 0. The maximum absolute atomic E-state index is 14.5. The molecule has 0 saturated carbocycles. The van der Waals surface area contributed by atoms with Crippen molar-refractivity contribution < 1.29 is 27.5 Å². The van der Waals surface area contributed by atoms with Gasteiger partial charge in [-0.25, -0.2) is 24.0 Å². The van der Waals surface area contributed by atoms with Gasteiger partial charge in [-0.1, -0.05) is 63.2 Å². The molecule has 13 heteroatoms. The number of carbonyl (C=O) groups excluding carboxylic acids is 2. The molecule has 1 aliphatic heterocycles. The van der Waals surface area contributed by atoms with Gasteiger partial charge in [-0.3, -0.25) is 15.0 Å². The average Bonchev–Trinajstić information content (AvgIpc) is 3.03. The van der Waals surface area contributed by atoms with Crippen molar-refractivity contribution in [1.82, 2.24) is 20.3 Å². The smallest absolute Gasteiger partial charge is 0.271 e. The molecular weight excluding hydrogens is 632 g/mol. The molecule has 48 heavy (non-hydrogen) atoms. The highest BCUT2D eigenvalue weighted by atomic mass is 32.2. The standard InChI is InChI=1S/C35H40N6O6S/c1-22-10-8-11-23(2)32(22)28-17-31-38-34(37-28)40-48(44,45)27-14-9-13-24(16-27)33(43)41(26(20-47-31)18-35(3,4)5)19-25-12-6-7-15-29(25)46-21-30(42)39-36/h6-17,26H,18-21,36H2,1-5H3,(H,39,42)(H,37,38,40)/t26-/m1/s1. The van der Waals surface area contributed by atoms with Crippen LogP contribution in [0.2, 0.25) is 0 Å². The maximum Gasteiger partial charge on any atom is 0.271 e. The number of hydrogen-bond acceptors (Lipinski definition) is 9. The molecule has 1 aliphatic rings. The predicted molar refractivity (Wildman–Crippen MR) is 182 cm³/mol. The van der Waals surface area contributed by atoms with Gasteiger partial charge in [0.15, 0.2) is 6.61 Å². The third-order valence-electron chi connectivity index (χ3n) is 7.86.